The van der Waals surface area contributed by atoms with Crippen molar-refractivity contribution in [2.24, 2.45) is 0 Å². The van der Waals surface area contributed by atoms with E-state index < -0.39 is 5.91 Å². The van der Waals surface area contributed by atoms with Crippen molar-refractivity contribution in [1.82, 2.24) is 0 Å². The van der Waals surface area contributed by atoms with Crippen LogP contribution in [0.2, 0.25) is 0 Å². The van der Waals surface area contributed by atoms with Crippen LogP contribution in [0.4, 0.5) is 0 Å². The van der Waals surface area contributed by atoms with Crippen LogP contribution in [0, 0.1) is 0 Å². The minimum Gasteiger partial charge on any atom is -0.666 e. The fraction of sp³-hybridized carbons (Fsp3) is 0.750. The van der Waals surface area contributed by atoms with Gasteiger partial charge >= 0.3 is 22.4 Å². The Balaban J connectivity index is 0. The Morgan fingerprint density at radius 2 is 2.25 bits per heavy atom. The van der Waals surface area contributed by atoms with Crippen LogP contribution >= 0.6 is 0 Å². The Hall–Kier alpha value is 0.170. The van der Waals surface area contributed by atoms with Crippen LogP contribution in [-0.4, -0.2) is 19.1 Å². The SMILES string of the molecule is CCOCC([NH-])=O.[Au+]. The molecule has 0 aliphatic carbocycles. The normalized spacial score (nSPS) is 7.62. The third-order valence-electron chi connectivity index (χ3n) is 0.437. The third kappa shape index (κ3) is 9.48. The van der Waals surface area contributed by atoms with Gasteiger partial charge in [0.2, 0.25) is 0 Å². The molecule has 0 aliphatic heterocycles. The predicted molar refractivity (Wildman–Crippen MR) is 25.8 cm³/mol. The van der Waals surface area contributed by atoms with Gasteiger partial charge in [-0.3, -0.25) is 0 Å². The number of amides is 1. The Morgan fingerprint density at radius 3 is 2.38 bits per heavy atom. The summed E-state index contributed by atoms with van der Waals surface area (Å²) in [5, 5.41) is 0. The number of hydrogen-bond acceptors (Lipinski definition) is 2. The summed E-state index contributed by atoms with van der Waals surface area (Å²) in [5.74, 6) is -0.665. The average Bonchev–Trinajstić information content (AvgIpc) is 1.61. The Morgan fingerprint density at radius 1 is 1.75 bits per heavy atom. The zero-order valence-corrected chi connectivity index (χ0v) is 6.70. The molecule has 0 aromatic heterocycles. The van der Waals surface area contributed by atoms with Gasteiger partial charge in [0.1, 0.15) is 0 Å². The molecule has 4 heteroatoms. The van der Waals surface area contributed by atoms with Crippen molar-refractivity contribution in [3.63, 3.8) is 0 Å². The standard InChI is InChI=1S/C4H9NO2.Au/c1-2-7-3-4(5)6;/h2-3H2,1H3,(H2,5,6);/q;+1/p-1. The Kier molecular flexibility index (Phi) is 9.89. The number of nitrogens with one attached hydrogen (secondary N) is 1. The summed E-state index contributed by atoms with van der Waals surface area (Å²) in [5.41, 5.74) is 6.32. The summed E-state index contributed by atoms with van der Waals surface area (Å²) in [7, 11) is 0. The van der Waals surface area contributed by atoms with Crippen molar-refractivity contribution in [3.05, 3.63) is 5.73 Å². The maximum atomic E-state index is 9.74. The van der Waals surface area contributed by atoms with Crippen molar-refractivity contribution >= 4 is 5.91 Å². The molecular formula is C4H8AuNO2. The summed E-state index contributed by atoms with van der Waals surface area (Å²) >= 11 is 0. The van der Waals surface area contributed by atoms with E-state index in [1.807, 2.05) is 0 Å². The van der Waals surface area contributed by atoms with Gasteiger partial charge in [0, 0.05) is 6.61 Å². The van der Waals surface area contributed by atoms with Crippen molar-refractivity contribution in [1.29, 1.82) is 0 Å². The van der Waals surface area contributed by atoms with Gasteiger partial charge in [0.15, 0.2) is 0 Å². The smallest absolute Gasteiger partial charge is 0.666 e. The number of carbonyl (C=O) groups is 1. The summed E-state index contributed by atoms with van der Waals surface area (Å²) < 4.78 is 4.56. The predicted octanol–water partition coefficient (Wildman–Crippen LogP) is 0.599. The molecule has 0 radical (unpaired) electrons. The van der Waals surface area contributed by atoms with Crippen molar-refractivity contribution in [3.8, 4) is 0 Å². The topological polar surface area (TPSA) is 50.1 Å². The van der Waals surface area contributed by atoms with Gasteiger partial charge < -0.3 is 15.3 Å². The van der Waals surface area contributed by atoms with E-state index >= 15 is 0 Å². The van der Waals surface area contributed by atoms with Crippen LogP contribution in [0.5, 0.6) is 0 Å². The van der Waals surface area contributed by atoms with Crippen molar-refractivity contribution < 1.29 is 31.9 Å². The molecule has 0 atom stereocenters. The molecular weight excluding hydrogens is 291 g/mol. The second-order valence-electron chi connectivity index (χ2n) is 1.06. The molecule has 0 fully saturated rings. The second-order valence-corrected chi connectivity index (χ2v) is 1.06. The molecule has 0 bridgehead atoms. The summed E-state index contributed by atoms with van der Waals surface area (Å²) in [4.78, 5) is 9.74. The van der Waals surface area contributed by atoms with Gasteiger partial charge in [-0.2, -0.15) is 0 Å². The molecule has 8 heavy (non-hydrogen) atoms. The minimum absolute atomic E-state index is 0. The van der Waals surface area contributed by atoms with Gasteiger partial charge in [-0.15, -0.1) is 0 Å². The third-order valence-corrected chi connectivity index (χ3v) is 0.437. The van der Waals surface area contributed by atoms with Gasteiger partial charge in [-0.1, -0.05) is 0 Å². The van der Waals surface area contributed by atoms with Gasteiger partial charge in [-0.25, -0.2) is 0 Å². The summed E-state index contributed by atoms with van der Waals surface area (Å²) in [6.45, 7) is 2.21. The number of carbonyl (C=O) groups excluding carboxylic acids is 1. The second kappa shape index (κ2) is 7.17. The van der Waals surface area contributed by atoms with Crippen molar-refractivity contribution in [2.45, 2.75) is 6.92 Å². The molecule has 0 spiro atoms. The minimum atomic E-state index is -0.665. The molecule has 1 amide bonds. The summed E-state index contributed by atoms with van der Waals surface area (Å²) in [6.07, 6.45) is 0. The van der Waals surface area contributed by atoms with Gasteiger partial charge in [0.25, 0.3) is 0 Å². The maximum Gasteiger partial charge on any atom is 1.00 e. The van der Waals surface area contributed by atoms with E-state index in [1.165, 1.54) is 0 Å². The van der Waals surface area contributed by atoms with Crippen LogP contribution in [0.15, 0.2) is 0 Å². The van der Waals surface area contributed by atoms with E-state index in [2.05, 4.69) is 4.74 Å². The number of hydrogen-bond donors (Lipinski definition) is 0. The zero-order chi connectivity index (χ0) is 5.70. The van der Waals surface area contributed by atoms with Crippen LogP contribution in [0.25, 0.3) is 5.73 Å². The molecule has 0 aromatic rings. The quantitative estimate of drug-likeness (QED) is 0.717. The first-order valence-corrected chi connectivity index (χ1v) is 2.09. The molecule has 0 saturated carbocycles. The molecule has 0 saturated heterocycles. The van der Waals surface area contributed by atoms with Crippen molar-refractivity contribution in [2.75, 3.05) is 13.2 Å². The first-order chi connectivity index (χ1) is 3.27. The largest absolute Gasteiger partial charge is 1.00 e. The number of ether oxygens (including phenoxy) is 1. The van der Waals surface area contributed by atoms with Gasteiger partial charge in [-0.05, 0) is 6.92 Å². The molecule has 1 N–H and O–H groups in total. The first kappa shape index (κ1) is 11.0. The molecule has 3 nitrogen and oxygen atoms in total. The molecule has 0 unspecified atom stereocenters. The molecule has 52 valence electrons. The Labute approximate surface area is 64.1 Å². The van der Waals surface area contributed by atoms with E-state index in [-0.39, 0.29) is 29.0 Å². The monoisotopic (exact) mass is 299 g/mol. The van der Waals surface area contributed by atoms with E-state index in [9.17, 15) is 4.79 Å². The zero-order valence-electron chi connectivity index (χ0n) is 4.53. The first-order valence-electron chi connectivity index (χ1n) is 2.09. The van der Waals surface area contributed by atoms with Crippen LogP contribution in [0.3, 0.4) is 0 Å². The van der Waals surface area contributed by atoms with E-state index in [1.54, 1.807) is 6.92 Å². The van der Waals surface area contributed by atoms with Crippen LogP contribution < -0.4 is 0 Å². The fourth-order valence-corrected chi connectivity index (χ4v) is 0.195. The number of rotatable bonds is 3. The molecule has 0 rings (SSSR count). The summed E-state index contributed by atoms with van der Waals surface area (Å²) in [6, 6.07) is 0. The molecule has 0 heterocycles. The van der Waals surface area contributed by atoms with E-state index in [0.717, 1.165) is 0 Å². The van der Waals surface area contributed by atoms with E-state index in [0.29, 0.717) is 6.61 Å². The van der Waals surface area contributed by atoms with Crippen LogP contribution in [-0.2, 0) is 31.9 Å². The fourth-order valence-electron chi connectivity index (χ4n) is 0.195. The van der Waals surface area contributed by atoms with E-state index in [4.69, 9.17) is 5.73 Å². The van der Waals surface area contributed by atoms with Crippen LogP contribution in [0.1, 0.15) is 6.92 Å². The van der Waals surface area contributed by atoms with Gasteiger partial charge in [0.05, 0.1) is 12.5 Å². The molecule has 0 aliphatic rings. The Bertz CT molecular complexity index is 67.1. The molecule has 0 aromatic carbocycles. The maximum absolute atomic E-state index is 9.74. The average molecular weight is 299 g/mol.